The Morgan fingerprint density at radius 1 is 1.20 bits per heavy atom. The molecule has 2 aromatic carbocycles. The minimum atomic E-state index is -4.43. The van der Waals surface area contributed by atoms with Gasteiger partial charge < -0.3 is 10.6 Å². The fourth-order valence-corrected chi connectivity index (χ4v) is 1.99. The first-order valence-corrected chi connectivity index (χ1v) is 5.88. The highest BCUT2D eigenvalue weighted by molar-refractivity contribution is 6.03. The summed E-state index contributed by atoms with van der Waals surface area (Å²) >= 11 is 0. The molecule has 3 nitrogen and oxygen atoms in total. The molecule has 20 heavy (non-hydrogen) atoms. The van der Waals surface area contributed by atoms with Crippen molar-refractivity contribution in [1.82, 2.24) is 4.90 Å². The molecular formula is C14H13F3N2O. The van der Waals surface area contributed by atoms with Crippen molar-refractivity contribution in [3.8, 4) is 0 Å². The predicted molar refractivity (Wildman–Crippen MR) is 71.4 cm³/mol. The van der Waals surface area contributed by atoms with Gasteiger partial charge in [0.1, 0.15) is 6.54 Å². The lowest BCUT2D eigenvalue weighted by molar-refractivity contribution is -0.138. The highest BCUT2D eigenvalue weighted by atomic mass is 19.4. The summed E-state index contributed by atoms with van der Waals surface area (Å²) in [6.07, 6.45) is -4.43. The molecule has 0 aliphatic rings. The molecule has 0 aromatic heterocycles. The summed E-state index contributed by atoms with van der Waals surface area (Å²) in [7, 11) is 1.10. The summed E-state index contributed by atoms with van der Waals surface area (Å²) in [6.45, 7) is -1.31. The van der Waals surface area contributed by atoms with Crippen molar-refractivity contribution in [2.75, 3.05) is 19.3 Å². The van der Waals surface area contributed by atoms with E-state index in [1.165, 1.54) is 6.07 Å². The Morgan fingerprint density at radius 2 is 1.75 bits per heavy atom. The monoisotopic (exact) mass is 282 g/mol. The van der Waals surface area contributed by atoms with Crippen LogP contribution in [-0.2, 0) is 0 Å². The molecule has 0 saturated carbocycles. The second kappa shape index (κ2) is 5.03. The molecular weight excluding hydrogens is 269 g/mol. The minimum Gasteiger partial charge on any atom is -0.398 e. The number of carbonyl (C=O) groups is 1. The van der Waals surface area contributed by atoms with Gasteiger partial charge in [-0.1, -0.05) is 24.3 Å². The van der Waals surface area contributed by atoms with Crippen LogP contribution < -0.4 is 5.73 Å². The van der Waals surface area contributed by atoms with Crippen LogP contribution in [0.25, 0.3) is 10.8 Å². The van der Waals surface area contributed by atoms with Gasteiger partial charge in [0, 0.05) is 12.7 Å². The van der Waals surface area contributed by atoms with E-state index >= 15 is 0 Å². The van der Waals surface area contributed by atoms with E-state index < -0.39 is 18.6 Å². The SMILES string of the molecule is CN(CC(F)(F)F)C(=O)c1cc2ccccc2cc1N. The molecule has 0 bridgehead atoms. The third kappa shape index (κ3) is 3.01. The molecule has 0 heterocycles. The first-order valence-electron chi connectivity index (χ1n) is 5.88. The normalized spacial score (nSPS) is 11.6. The number of amides is 1. The number of nitrogens with zero attached hydrogens (tertiary/aromatic N) is 1. The number of alkyl halides is 3. The Morgan fingerprint density at radius 3 is 2.30 bits per heavy atom. The van der Waals surface area contributed by atoms with E-state index in [2.05, 4.69) is 0 Å². The summed E-state index contributed by atoms with van der Waals surface area (Å²) in [5, 5.41) is 1.59. The van der Waals surface area contributed by atoms with Crippen molar-refractivity contribution in [2.24, 2.45) is 0 Å². The lowest BCUT2D eigenvalue weighted by Crippen LogP contribution is -2.36. The van der Waals surface area contributed by atoms with Crippen molar-refractivity contribution in [3.05, 3.63) is 42.0 Å². The molecule has 2 aromatic rings. The van der Waals surface area contributed by atoms with Gasteiger partial charge in [0.05, 0.1) is 5.56 Å². The van der Waals surface area contributed by atoms with Crippen LogP contribution >= 0.6 is 0 Å². The van der Waals surface area contributed by atoms with Crippen LogP contribution in [0.2, 0.25) is 0 Å². The molecule has 0 radical (unpaired) electrons. The summed E-state index contributed by atoms with van der Waals surface area (Å²) in [6, 6.07) is 10.3. The molecule has 6 heteroatoms. The third-order valence-electron chi connectivity index (χ3n) is 2.91. The standard InChI is InChI=1S/C14H13F3N2O/c1-19(8-14(15,16)17)13(20)11-6-9-4-2-3-5-10(9)7-12(11)18/h2-7H,8,18H2,1H3. The number of hydrogen-bond acceptors (Lipinski definition) is 2. The zero-order chi connectivity index (χ0) is 14.9. The second-order valence-corrected chi connectivity index (χ2v) is 4.56. The van der Waals surface area contributed by atoms with Crippen LogP contribution in [0.4, 0.5) is 18.9 Å². The van der Waals surface area contributed by atoms with Crippen LogP contribution in [0.5, 0.6) is 0 Å². The maximum absolute atomic E-state index is 12.3. The van der Waals surface area contributed by atoms with Crippen LogP contribution in [0.1, 0.15) is 10.4 Å². The highest BCUT2D eigenvalue weighted by Crippen LogP contribution is 2.24. The van der Waals surface area contributed by atoms with Gasteiger partial charge >= 0.3 is 6.18 Å². The molecule has 2 N–H and O–H groups in total. The molecule has 0 fully saturated rings. The van der Waals surface area contributed by atoms with E-state index in [0.29, 0.717) is 4.90 Å². The number of anilines is 1. The Hall–Kier alpha value is -2.24. The number of benzene rings is 2. The molecule has 0 aliphatic carbocycles. The van der Waals surface area contributed by atoms with Gasteiger partial charge in [-0.05, 0) is 22.9 Å². The minimum absolute atomic E-state index is 0.0791. The zero-order valence-corrected chi connectivity index (χ0v) is 10.7. The third-order valence-corrected chi connectivity index (χ3v) is 2.91. The molecule has 0 atom stereocenters. The molecule has 0 saturated heterocycles. The number of fused-ring (bicyclic) bond motifs is 1. The lowest BCUT2D eigenvalue weighted by Gasteiger charge is -2.20. The van der Waals surface area contributed by atoms with Crippen molar-refractivity contribution in [1.29, 1.82) is 0 Å². The van der Waals surface area contributed by atoms with Crippen LogP contribution in [0.15, 0.2) is 36.4 Å². The van der Waals surface area contributed by atoms with Crippen molar-refractivity contribution >= 4 is 22.4 Å². The van der Waals surface area contributed by atoms with Crippen LogP contribution in [0.3, 0.4) is 0 Å². The Balaban J connectivity index is 2.37. The maximum Gasteiger partial charge on any atom is 0.406 e. The first-order chi connectivity index (χ1) is 9.28. The van der Waals surface area contributed by atoms with Gasteiger partial charge in [-0.15, -0.1) is 0 Å². The van der Waals surface area contributed by atoms with Crippen molar-refractivity contribution < 1.29 is 18.0 Å². The molecule has 0 spiro atoms. The van der Waals surface area contributed by atoms with E-state index in [4.69, 9.17) is 5.73 Å². The number of nitrogens with two attached hydrogens (primary N) is 1. The fourth-order valence-electron chi connectivity index (χ4n) is 1.99. The van der Waals surface area contributed by atoms with Crippen LogP contribution in [0, 0.1) is 0 Å². The average Bonchev–Trinajstić information content (AvgIpc) is 2.35. The number of nitrogen functional groups attached to an aromatic ring is 1. The van der Waals surface area contributed by atoms with Crippen molar-refractivity contribution in [2.45, 2.75) is 6.18 Å². The maximum atomic E-state index is 12.3. The van der Waals surface area contributed by atoms with E-state index in [9.17, 15) is 18.0 Å². The zero-order valence-electron chi connectivity index (χ0n) is 10.7. The summed E-state index contributed by atoms with van der Waals surface area (Å²) < 4.78 is 36.9. The first kappa shape index (κ1) is 14.2. The number of hydrogen-bond donors (Lipinski definition) is 1. The summed E-state index contributed by atoms with van der Waals surface area (Å²) in [5.41, 5.74) is 6.01. The smallest absolute Gasteiger partial charge is 0.398 e. The lowest BCUT2D eigenvalue weighted by atomic mass is 10.0. The largest absolute Gasteiger partial charge is 0.406 e. The molecule has 0 aliphatic heterocycles. The van der Waals surface area contributed by atoms with Gasteiger partial charge in [-0.3, -0.25) is 4.79 Å². The second-order valence-electron chi connectivity index (χ2n) is 4.56. The van der Waals surface area contributed by atoms with Gasteiger partial charge in [0.2, 0.25) is 0 Å². The Bertz CT molecular complexity index is 652. The van der Waals surface area contributed by atoms with E-state index in [1.807, 2.05) is 12.1 Å². The number of rotatable bonds is 2. The van der Waals surface area contributed by atoms with E-state index in [-0.39, 0.29) is 11.3 Å². The fraction of sp³-hybridized carbons (Fsp3) is 0.214. The quantitative estimate of drug-likeness (QED) is 0.860. The van der Waals surface area contributed by atoms with E-state index in [0.717, 1.165) is 17.8 Å². The molecule has 1 amide bonds. The van der Waals surface area contributed by atoms with Gasteiger partial charge in [0.15, 0.2) is 0 Å². The highest BCUT2D eigenvalue weighted by Gasteiger charge is 2.31. The molecule has 0 unspecified atom stereocenters. The summed E-state index contributed by atoms with van der Waals surface area (Å²) in [4.78, 5) is 12.6. The molecule has 2 rings (SSSR count). The van der Waals surface area contributed by atoms with Gasteiger partial charge in [0.25, 0.3) is 5.91 Å². The van der Waals surface area contributed by atoms with Crippen LogP contribution in [-0.4, -0.2) is 30.6 Å². The van der Waals surface area contributed by atoms with E-state index in [1.54, 1.807) is 18.2 Å². The topological polar surface area (TPSA) is 46.3 Å². The molecule has 106 valence electrons. The predicted octanol–water partition coefficient (Wildman–Crippen LogP) is 3.06. The van der Waals surface area contributed by atoms with Crippen molar-refractivity contribution in [3.63, 3.8) is 0 Å². The van der Waals surface area contributed by atoms with Gasteiger partial charge in [-0.25, -0.2) is 0 Å². The average molecular weight is 282 g/mol. The summed E-state index contributed by atoms with van der Waals surface area (Å²) in [5.74, 6) is -0.745. The number of halogens is 3. The number of carbonyl (C=O) groups excluding carboxylic acids is 1. The Kier molecular flexibility index (Phi) is 3.57. The Labute approximate surface area is 113 Å². The van der Waals surface area contributed by atoms with Gasteiger partial charge in [-0.2, -0.15) is 13.2 Å².